The van der Waals surface area contributed by atoms with Gasteiger partial charge in [0.1, 0.15) is 29.2 Å². The standard InChI is InChI=1S/C28H28F2N8O2S/c1-3-41(39,40)34-21-10-18(24-5-4-20(29)13-25(24)30)11-23(14-21)37-17-32-26-12-19(15-31-28(26)37)27-16-38(35-33-27)22-6-8-36(2)9-7-22/h4-5,10-17,22,34H,3,6-9H2,1-2H3. The summed E-state index contributed by atoms with van der Waals surface area (Å²) in [5.41, 5.74) is 3.76. The summed E-state index contributed by atoms with van der Waals surface area (Å²) in [6.45, 7) is 3.55. The number of likely N-dealkylation sites (tertiary alicyclic amines) is 1. The van der Waals surface area contributed by atoms with E-state index in [1.54, 1.807) is 29.2 Å². The number of aromatic nitrogens is 6. The van der Waals surface area contributed by atoms with Gasteiger partial charge in [-0.15, -0.1) is 5.10 Å². The lowest BCUT2D eigenvalue weighted by atomic mass is 10.0. The van der Waals surface area contributed by atoms with Crippen molar-refractivity contribution >= 4 is 26.9 Å². The Morgan fingerprint density at radius 2 is 1.83 bits per heavy atom. The third-order valence-corrected chi connectivity index (χ3v) is 8.65. The normalized spacial score (nSPS) is 15.0. The van der Waals surface area contributed by atoms with E-state index in [2.05, 4.69) is 36.9 Å². The van der Waals surface area contributed by atoms with Gasteiger partial charge in [-0.2, -0.15) is 0 Å². The lowest BCUT2D eigenvalue weighted by Crippen LogP contribution is -2.31. The molecular weight excluding hydrogens is 550 g/mol. The summed E-state index contributed by atoms with van der Waals surface area (Å²) in [4.78, 5) is 11.4. The number of nitrogens with one attached hydrogen (secondary N) is 1. The zero-order valence-electron chi connectivity index (χ0n) is 22.5. The molecule has 13 heteroatoms. The number of piperidine rings is 1. The van der Waals surface area contributed by atoms with Crippen LogP contribution in [0, 0.1) is 11.6 Å². The first-order valence-electron chi connectivity index (χ1n) is 13.2. The minimum Gasteiger partial charge on any atom is -0.306 e. The molecule has 0 bridgehead atoms. The summed E-state index contributed by atoms with van der Waals surface area (Å²) in [7, 11) is -1.51. The number of rotatable bonds is 7. The Labute approximate surface area is 235 Å². The minimum absolute atomic E-state index is 0.123. The van der Waals surface area contributed by atoms with Gasteiger partial charge in [0.2, 0.25) is 10.0 Å². The summed E-state index contributed by atoms with van der Waals surface area (Å²) in [6, 6.07) is 10.2. The van der Waals surface area contributed by atoms with Gasteiger partial charge in [0.25, 0.3) is 0 Å². The molecule has 4 heterocycles. The van der Waals surface area contributed by atoms with E-state index in [0.717, 1.165) is 43.6 Å². The van der Waals surface area contributed by atoms with Gasteiger partial charge in [0.15, 0.2) is 5.65 Å². The van der Waals surface area contributed by atoms with Crippen LogP contribution in [0.1, 0.15) is 25.8 Å². The number of halogens is 2. The van der Waals surface area contributed by atoms with E-state index in [-0.39, 0.29) is 17.0 Å². The highest BCUT2D eigenvalue weighted by atomic mass is 32.2. The number of nitrogens with zero attached hydrogens (tertiary/aromatic N) is 7. The summed E-state index contributed by atoms with van der Waals surface area (Å²) in [5, 5.41) is 8.72. The summed E-state index contributed by atoms with van der Waals surface area (Å²) in [6.07, 6.45) is 7.21. The lowest BCUT2D eigenvalue weighted by Gasteiger charge is -2.28. The molecule has 6 rings (SSSR count). The maximum Gasteiger partial charge on any atom is 0.232 e. The zero-order valence-corrected chi connectivity index (χ0v) is 23.3. The number of fused-ring (bicyclic) bond motifs is 1. The number of hydrogen-bond acceptors (Lipinski definition) is 7. The van der Waals surface area contributed by atoms with Crippen LogP contribution < -0.4 is 4.72 Å². The molecule has 5 aromatic rings. The molecule has 3 aromatic heterocycles. The molecular formula is C28H28F2N8O2S. The van der Waals surface area contributed by atoms with Crippen molar-refractivity contribution in [2.45, 2.75) is 25.8 Å². The Balaban J connectivity index is 1.37. The Kier molecular flexibility index (Phi) is 6.99. The second kappa shape index (κ2) is 10.6. The van der Waals surface area contributed by atoms with Crippen molar-refractivity contribution in [2.75, 3.05) is 30.6 Å². The van der Waals surface area contributed by atoms with Crippen molar-refractivity contribution in [3.63, 3.8) is 0 Å². The molecule has 10 nitrogen and oxygen atoms in total. The molecule has 1 N–H and O–H groups in total. The lowest BCUT2D eigenvalue weighted by molar-refractivity contribution is 0.210. The van der Waals surface area contributed by atoms with Crippen LogP contribution in [0.15, 0.2) is 61.2 Å². The van der Waals surface area contributed by atoms with E-state index in [1.807, 2.05) is 16.9 Å². The molecule has 1 saturated heterocycles. The Bertz CT molecular complexity index is 1850. The highest BCUT2D eigenvalue weighted by molar-refractivity contribution is 7.92. The fourth-order valence-electron chi connectivity index (χ4n) is 5.02. The average molecular weight is 579 g/mol. The minimum atomic E-state index is -3.62. The number of hydrogen-bond donors (Lipinski definition) is 1. The molecule has 0 saturated carbocycles. The molecule has 41 heavy (non-hydrogen) atoms. The Hall–Kier alpha value is -4.23. The predicted octanol–water partition coefficient (Wildman–Crippen LogP) is 4.65. The van der Waals surface area contributed by atoms with Crippen molar-refractivity contribution in [3.05, 3.63) is 72.8 Å². The molecule has 0 unspecified atom stereocenters. The SMILES string of the molecule is CCS(=O)(=O)Nc1cc(-c2ccc(F)cc2F)cc(-n2cnc3cc(-c4cn(C5CCN(C)CC5)nn4)cnc32)c1. The van der Waals surface area contributed by atoms with Crippen molar-refractivity contribution < 1.29 is 17.2 Å². The van der Waals surface area contributed by atoms with Gasteiger partial charge in [-0.1, -0.05) is 5.21 Å². The van der Waals surface area contributed by atoms with Crippen LogP contribution in [-0.4, -0.2) is 68.7 Å². The average Bonchev–Trinajstić information content (AvgIpc) is 3.61. The number of pyridine rings is 1. The largest absolute Gasteiger partial charge is 0.306 e. The van der Waals surface area contributed by atoms with Crippen LogP contribution in [0.3, 0.4) is 0 Å². The molecule has 0 spiro atoms. The van der Waals surface area contributed by atoms with Crippen LogP contribution in [-0.2, 0) is 10.0 Å². The summed E-state index contributed by atoms with van der Waals surface area (Å²) >= 11 is 0. The number of sulfonamides is 1. The quantitative estimate of drug-likeness (QED) is 0.299. The van der Waals surface area contributed by atoms with Gasteiger partial charge in [0, 0.05) is 23.4 Å². The Morgan fingerprint density at radius 3 is 2.59 bits per heavy atom. The molecule has 0 radical (unpaired) electrons. The van der Waals surface area contributed by atoms with E-state index < -0.39 is 21.7 Å². The molecule has 1 aliphatic heterocycles. The first-order chi connectivity index (χ1) is 19.7. The molecule has 0 aliphatic carbocycles. The van der Waals surface area contributed by atoms with Gasteiger partial charge in [0.05, 0.1) is 29.4 Å². The number of imidazole rings is 1. The predicted molar refractivity (Wildman–Crippen MR) is 152 cm³/mol. The number of benzene rings is 2. The van der Waals surface area contributed by atoms with Gasteiger partial charge in [-0.3, -0.25) is 9.29 Å². The van der Waals surface area contributed by atoms with Crippen LogP contribution in [0.5, 0.6) is 0 Å². The van der Waals surface area contributed by atoms with Gasteiger partial charge in [-0.25, -0.2) is 31.8 Å². The molecule has 1 fully saturated rings. The van der Waals surface area contributed by atoms with Crippen LogP contribution in [0.2, 0.25) is 0 Å². The second-order valence-corrected chi connectivity index (χ2v) is 12.2. The summed E-state index contributed by atoms with van der Waals surface area (Å²) in [5.74, 6) is -1.61. The van der Waals surface area contributed by atoms with Crippen LogP contribution in [0.25, 0.3) is 39.2 Å². The molecule has 1 aliphatic rings. The third-order valence-electron chi connectivity index (χ3n) is 7.35. The smallest absolute Gasteiger partial charge is 0.232 e. The Morgan fingerprint density at radius 1 is 1.02 bits per heavy atom. The third kappa shape index (κ3) is 5.55. The molecule has 0 amide bonds. The van der Waals surface area contributed by atoms with E-state index in [4.69, 9.17) is 0 Å². The van der Waals surface area contributed by atoms with Gasteiger partial charge in [-0.05, 0) is 81.9 Å². The second-order valence-electron chi connectivity index (χ2n) is 10.2. The first kappa shape index (κ1) is 27.0. The van der Waals surface area contributed by atoms with Crippen molar-refractivity contribution in [1.82, 2.24) is 34.4 Å². The highest BCUT2D eigenvalue weighted by Gasteiger charge is 2.20. The maximum atomic E-state index is 14.7. The van der Waals surface area contributed by atoms with Crippen molar-refractivity contribution in [3.8, 4) is 28.1 Å². The highest BCUT2D eigenvalue weighted by Crippen LogP contribution is 2.31. The molecule has 2 aromatic carbocycles. The first-order valence-corrected chi connectivity index (χ1v) is 14.9. The van der Waals surface area contributed by atoms with Gasteiger partial charge < -0.3 is 4.90 Å². The van der Waals surface area contributed by atoms with Crippen molar-refractivity contribution in [2.24, 2.45) is 0 Å². The van der Waals surface area contributed by atoms with E-state index in [1.165, 1.54) is 19.1 Å². The number of anilines is 1. The van der Waals surface area contributed by atoms with Crippen LogP contribution in [0.4, 0.5) is 14.5 Å². The fourth-order valence-corrected chi connectivity index (χ4v) is 5.64. The van der Waals surface area contributed by atoms with E-state index in [0.29, 0.717) is 34.2 Å². The van der Waals surface area contributed by atoms with E-state index in [9.17, 15) is 17.2 Å². The molecule has 212 valence electrons. The summed E-state index contributed by atoms with van der Waals surface area (Å²) < 4.78 is 59.1. The monoisotopic (exact) mass is 578 g/mol. The van der Waals surface area contributed by atoms with Crippen LogP contribution >= 0.6 is 0 Å². The maximum absolute atomic E-state index is 14.7. The fraction of sp³-hybridized carbons (Fsp3) is 0.286. The van der Waals surface area contributed by atoms with Gasteiger partial charge >= 0.3 is 0 Å². The molecule has 0 atom stereocenters. The van der Waals surface area contributed by atoms with E-state index >= 15 is 0 Å². The zero-order chi connectivity index (χ0) is 28.7. The van der Waals surface area contributed by atoms with Crippen molar-refractivity contribution in [1.29, 1.82) is 0 Å². The topological polar surface area (TPSA) is 111 Å².